The van der Waals surface area contributed by atoms with Gasteiger partial charge >= 0.3 is 0 Å². The number of hydrogen-bond donors (Lipinski definition) is 1. The summed E-state index contributed by atoms with van der Waals surface area (Å²) >= 11 is 0. The zero-order chi connectivity index (χ0) is 13.3. The molecule has 1 aromatic heterocycles. The van der Waals surface area contributed by atoms with Crippen LogP contribution in [0.1, 0.15) is 37.7 Å². The number of nitrogens with zero attached hydrogens (tertiary/aromatic N) is 2. The quantitative estimate of drug-likeness (QED) is 0.900. The van der Waals surface area contributed by atoms with E-state index >= 15 is 0 Å². The van der Waals surface area contributed by atoms with Gasteiger partial charge in [-0.1, -0.05) is 25.3 Å². The van der Waals surface area contributed by atoms with Crippen LogP contribution in [0.2, 0.25) is 0 Å². The Hall–Kier alpha value is -1.68. The average molecular weight is 259 g/mol. The van der Waals surface area contributed by atoms with E-state index in [2.05, 4.69) is 5.10 Å². The van der Waals surface area contributed by atoms with Crippen molar-refractivity contribution < 1.29 is 4.39 Å². The predicted molar refractivity (Wildman–Crippen MR) is 72.5 cm³/mol. The molecule has 0 aliphatic heterocycles. The Morgan fingerprint density at radius 3 is 2.63 bits per heavy atom. The summed E-state index contributed by atoms with van der Waals surface area (Å²) in [6, 6.07) is 7.05. The fraction of sp³-hybridized carbons (Fsp3) is 0.400. The second kappa shape index (κ2) is 4.78. The van der Waals surface area contributed by atoms with Crippen LogP contribution in [0.15, 0.2) is 36.7 Å². The van der Waals surface area contributed by atoms with Gasteiger partial charge in [-0.3, -0.25) is 0 Å². The first-order valence-electron chi connectivity index (χ1n) is 6.78. The van der Waals surface area contributed by atoms with Crippen molar-refractivity contribution in [1.82, 2.24) is 9.78 Å². The highest BCUT2D eigenvalue weighted by Crippen LogP contribution is 2.35. The van der Waals surface area contributed by atoms with Gasteiger partial charge in [0.1, 0.15) is 11.5 Å². The van der Waals surface area contributed by atoms with E-state index in [0.717, 1.165) is 31.2 Å². The molecular weight excluding hydrogens is 241 g/mol. The molecule has 0 spiro atoms. The second-order valence-electron chi connectivity index (χ2n) is 5.33. The topological polar surface area (TPSA) is 43.8 Å². The fourth-order valence-corrected chi connectivity index (χ4v) is 2.89. The second-order valence-corrected chi connectivity index (χ2v) is 5.33. The van der Waals surface area contributed by atoms with Crippen LogP contribution in [0.3, 0.4) is 0 Å². The number of halogens is 1. The Balaban J connectivity index is 1.95. The van der Waals surface area contributed by atoms with Gasteiger partial charge in [0.25, 0.3) is 0 Å². The first-order chi connectivity index (χ1) is 9.19. The third-order valence-electron chi connectivity index (χ3n) is 4.02. The summed E-state index contributed by atoms with van der Waals surface area (Å²) in [6.45, 7) is 0. The van der Waals surface area contributed by atoms with Gasteiger partial charge in [-0.2, -0.15) is 5.10 Å². The molecular formula is C15H18FN3. The first kappa shape index (κ1) is 12.4. The van der Waals surface area contributed by atoms with Crippen LogP contribution < -0.4 is 5.73 Å². The molecule has 1 saturated carbocycles. The molecule has 2 aromatic rings. The molecule has 0 saturated heterocycles. The number of nitrogens with two attached hydrogens (primary N) is 1. The maximum Gasteiger partial charge on any atom is 0.149 e. The molecule has 0 amide bonds. The number of hydrogen-bond acceptors (Lipinski definition) is 2. The molecule has 1 aliphatic carbocycles. The van der Waals surface area contributed by atoms with E-state index in [0.29, 0.717) is 5.69 Å². The summed E-state index contributed by atoms with van der Waals surface area (Å²) in [6.07, 6.45) is 8.72. The van der Waals surface area contributed by atoms with Gasteiger partial charge < -0.3 is 5.73 Å². The maximum atomic E-state index is 14.2. The minimum atomic E-state index is -0.359. The highest BCUT2D eigenvalue weighted by molar-refractivity contribution is 5.38. The normalized spacial score (nSPS) is 18.4. The Morgan fingerprint density at radius 1 is 1.21 bits per heavy atom. The van der Waals surface area contributed by atoms with E-state index < -0.39 is 0 Å². The largest absolute Gasteiger partial charge is 0.321 e. The highest BCUT2D eigenvalue weighted by atomic mass is 19.1. The van der Waals surface area contributed by atoms with E-state index in [1.54, 1.807) is 30.6 Å². The Kier molecular flexibility index (Phi) is 3.11. The molecule has 0 bridgehead atoms. The van der Waals surface area contributed by atoms with Crippen molar-refractivity contribution in [2.45, 2.75) is 37.6 Å². The Bertz CT molecular complexity index is 557. The Labute approximate surface area is 112 Å². The zero-order valence-electron chi connectivity index (χ0n) is 10.8. The maximum absolute atomic E-state index is 14.2. The average Bonchev–Trinajstić information content (AvgIpc) is 2.93. The third-order valence-corrected chi connectivity index (χ3v) is 4.02. The monoisotopic (exact) mass is 259 g/mol. The van der Waals surface area contributed by atoms with Crippen molar-refractivity contribution in [3.63, 3.8) is 0 Å². The van der Waals surface area contributed by atoms with Crippen LogP contribution >= 0.6 is 0 Å². The fourth-order valence-electron chi connectivity index (χ4n) is 2.89. The highest BCUT2D eigenvalue weighted by Gasteiger charge is 2.30. The molecule has 3 rings (SSSR count). The Morgan fingerprint density at radius 2 is 2.00 bits per heavy atom. The lowest BCUT2D eigenvalue weighted by atomic mass is 9.77. The minimum absolute atomic E-state index is 0.267. The van der Waals surface area contributed by atoms with Crippen LogP contribution in [0.25, 0.3) is 5.69 Å². The molecule has 1 aliphatic rings. The van der Waals surface area contributed by atoms with Gasteiger partial charge in [0.15, 0.2) is 0 Å². The smallest absolute Gasteiger partial charge is 0.149 e. The molecule has 3 nitrogen and oxygen atoms in total. The minimum Gasteiger partial charge on any atom is -0.321 e. The van der Waals surface area contributed by atoms with Gasteiger partial charge in [-0.25, -0.2) is 9.07 Å². The third kappa shape index (κ3) is 2.28. The molecule has 1 aromatic carbocycles. The van der Waals surface area contributed by atoms with Gasteiger partial charge in [-0.05, 0) is 36.6 Å². The van der Waals surface area contributed by atoms with E-state index in [1.165, 1.54) is 11.1 Å². The summed E-state index contributed by atoms with van der Waals surface area (Å²) in [5, 5.41) is 4.05. The van der Waals surface area contributed by atoms with E-state index in [9.17, 15) is 4.39 Å². The summed E-state index contributed by atoms with van der Waals surface area (Å²) in [7, 11) is 0. The van der Waals surface area contributed by atoms with Crippen LogP contribution in [-0.4, -0.2) is 9.78 Å². The van der Waals surface area contributed by atoms with E-state index in [4.69, 9.17) is 5.73 Å². The number of aromatic nitrogens is 2. The van der Waals surface area contributed by atoms with Crippen molar-refractivity contribution in [3.05, 3.63) is 48.0 Å². The van der Waals surface area contributed by atoms with E-state index in [-0.39, 0.29) is 11.4 Å². The lowest BCUT2D eigenvalue weighted by Gasteiger charge is -2.34. The molecule has 19 heavy (non-hydrogen) atoms. The SMILES string of the molecule is NC1(c2ccc(-n3cccn3)c(F)c2)CCCCC1. The molecule has 2 N–H and O–H groups in total. The summed E-state index contributed by atoms with van der Waals surface area (Å²) < 4.78 is 15.8. The van der Waals surface area contributed by atoms with Crippen molar-refractivity contribution >= 4 is 0 Å². The first-order valence-corrected chi connectivity index (χ1v) is 6.78. The van der Waals surface area contributed by atoms with Crippen molar-refractivity contribution in [3.8, 4) is 5.69 Å². The van der Waals surface area contributed by atoms with Crippen molar-refractivity contribution in [2.75, 3.05) is 0 Å². The summed E-state index contributed by atoms with van der Waals surface area (Å²) in [4.78, 5) is 0. The molecule has 0 radical (unpaired) electrons. The predicted octanol–water partition coefficient (Wildman–Crippen LogP) is 3.13. The number of benzene rings is 1. The summed E-state index contributed by atoms with van der Waals surface area (Å²) in [5.41, 5.74) is 7.44. The van der Waals surface area contributed by atoms with Crippen LogP contribution in [-0.2, 0) is 5.54 Å². The van der Waals surface area contributed by atoms with E-state index in [1.807, 2.05) is 6.07 Å². The molecule has 1 heterocycles. The molecule has 0 atom stereocenters. The number of rotatable bonds is 2. The van der Waals surface area contributed by atoms with Gasteiger partial charge in [-0.15, -0.1) is 0 Å². The van der Waals surface area contributed by atoms with Crippen LogP contribution in [0.4, 0.5) is 4.39 Å². The van der Waals surface area contributed by atoms with Crippen LogP contribution in [0.5, 0.6) is 0 Å². The molecule has 1 fully saturated rings. The molecule has 0 unspecified atom stereocenters. The van der Waals surface area contributed by atoms with Gasteiger partial charge in [0.2, 0.25) is 0 Å². The zero-order valence-corrected chi connectivity index (χ0v) is 10.8. The lowest BCUT2D eigenvalue weighted by molar-refractivity contribution is 0.301. The van der Waals surface area contributed by atoms with Crippen molar-refractivity contribution in [1.29, 1.82) is 0 Å². The molecule has 4 heteroatoms. The molecule has 100 valence electrons. The summed E-state index contributed by atoms with van der Waals surface area (Å²) in [5.74, 6) is -0.267. The van der Waals surface area contributed by atoms with Crippen LogP contribution in [0, 0.1) is 5.82 Å². The lowest BCUT2D eigenvalue weighted by Crippen LogP contribution is -2.38. The standard InChI is InChI=1S/C15H18FN3/c16-13-11-12(15(17)7-2-1-3-8-15)5-6-14(13)19-10-4-9-18-19/h4-6,9-11H,1-3,7-8,17H2. The van der Waals surface area contributed by atoms with Gasteiger partial charge in [0, 0.05) is 17.9 Å². The van der Waals surface area contributed by atoms with Crippen molar-refractivity contribution in [2.24, 2.45) is 5.73 Å². The van der Waals surface area contributed by atoms with Gasteiger partial charge in [0.05, 0.1) is 0 Å².